The van der Waals surface area contributed by atoms with Crippen LogP contribution in [0.5, 0.6) is 5.75 Å². The third-order valence-corrected chi connectivity index (χ3v) is 6.37. The van der Waals surface area contributed by atoms with E-state index in [2.05, 4.69) is 11.0 Å². The van der Waals surface area contributed by atoms with Crippen molar-refractivity contribution in [1.82, 2.24) is 9.80 Å². The number of anilines is 1. The van der Waals surface area contributed by atoms with Gasteiger partial charge in [0.2, 0.25) is 11.8 Å². The third-order valence-electron chi connectivity index (χ3n) is 6.37. The first-order valence-corrected chi connectivity index (χ1v) is 10.7. The van der Waals surface area contributed by atoms with Gasteiger partial charge in [-0.1, -0.05) is 25.0 Å². The summed E-state index contributed by atoms with van der Waals surface area (Å²) in [7, 11) is 0. The molecule has 0 radical (unpaired) electrons. The Hall–Kier alpha value is -2.24. The molecule has 1 saturated carbocycles. The normalized spacial score (nSPS) is 23.5. The predicted molar refractivity (Wildman–Crippen MR) is 108 cm³/mol. The van der Waals surface area contributed by atoms with E-state index in [1.165, 1.54) is 12.8 Å². The van der Waals surface area contributed by atoms with Crippen LogP contribution in [-0.2, 0) is 9.59 Å². The first kappa shape index (κ1) is 19.1. The van der Waals surface area contributed by atoms with Crippen LogP contribution >= 0.6 is 0 Å². The van der Waals surface area contributed by atoms with Crippen LogP contribution in [0.1, 0.15) is 39.0 Å². The molecule has 1 aliphatic carbocycles. The fourth-order valence-corrected chi connectivity index (χ4v) is 4.89. The van der Waals surface area contributed by atoms with Crippen molar-refractivity contribution >= 4 is 17.5 Å². The van der Waals surface area contributed by atoms with E-state index in [9.17, 15) is 9.59 Å². The molecule has 3 fully saturated rings. The van der Waals surface area contributed by atoms with Crippen LogP contribution in [0.25, 0.3) is 0 Å². The second-order valence-electron chi connectivity index (χ2n) is 8.10. The van der Waals surface area contributed by atoms with Crippen molar-refractivity contribution in [1.29, 1.82) is 0 Å². The lowest BCUT2D eigenvalue weighted by Crippen LogP contribution is -2.51. The van der Waals surface area contributed by atoms with Crippen molar-refractivity contribution in [3.8, 4) is 5.75 Å². The Balaban J connectivity index is 1.34. The standard InChI is InChI=1S/C22H31N3O3/c1-2-28-20-10-6-5-9-19(20)23-11-13-24(14-12-23)22(27)17-15-21(26)25(16-17)18-7-3-4-8-18/h5-6,9-10,17-18H,2-4,7-8,11-16H2,1H3/t17-/m1/s1. The minimum Gasteiger partial charge on any atom is -0.492 e. The minimum atomic E-state index is -0.157. The Bertz CT molecular complexity index is 709. The van der Waals surface area contributed by atoms with Crippen LogP contribution in [-0.4, -0.2) is 67.0 Å². The number of benzene rings is 1. The quantitative estimate of drug-likeness (QED) is 0.782. The fourth-order valence-electron chi connectivity index (χ4n) is 4.89. The molecule has 0 spiro atoms. The molecule has 1 aromatic rings. The maximum atomic E-state index is 13.0. The summed E-state index contributed by atoms with van der Waals surface area (Å²) in [6, 6.07) is 8.46. The van der Waals surface area contributed by atoms with E-state index in [0.29, 0.717) is 38.7 Å². The maximum Gasteiger partial charge on any atom is 0.228 e. The molecule has 2 heterocycles. The Morgan fingerprint density at radius 3 is 2.54 bits per heavy atom. The molecule has 1 aromatic carbocycles. The molecule has 0 N–H and O–H groups in total. The largest absolute Gasteiger partial charge is 0.492 e. The van der Waals surface area contributed by atoms with Gasteiger partial charge in [0.25, 0.3) is 0 Å². The molecule has 2 aliphatic heterocycles. The third kappa shape index (κ3) is 3.82. The maximum absolute atomic E-state index is 13.0. The second kappa shape index (κ2) is 8.41. The van der Waals surface area contributed by atoms with Crippen LogP contribution in [0.15, 0.2) is 24.3 Å². The van der Waals surface area contributed by atoms with Gasteiger partial charge >= 0.3 is 0 Å². The Kier molecular flexibility index (Phi) is 5.74. The number of hydrogen-bond acceptors (Lipinski definition) is 4. The van der Waals surface area contributed by atoms with Crippen molar-refractivity contribution in [2.24, 2.45) is 5.92 Å². The van der Waals surface area contributed by atoms with Gasteiger partial charge in [-0.3, -0.25) is 9.59 Å². The molecule has 6 nitrogen and oxygen atoms in total. The van der Waals surface area contributed by atoms with Crippen LogP contribution in [0.2, 0.25) is 0 Å². The van der Waals surface area contributed by atoms with Gasteiger partial charge in [0.15, 0.2) is 0 Å². The van der Waals surface area contributed by atoms with E-state index >= 15 is 0 Å². The van der Waals surface area contributed by atoms with E-state index in [4.69, 9.17) is 4.74 Å². The molecule has 2 amide bonds. The van der Waals surface area contributed by atoms with Crippen molar-refractivity contribution in [2.75, 3.05) is 44.2 Å². The van der Waals surface area contributed by atoms with E-state index < -0.39 is 0 Å². The molecule has 2 saturated heterocycles. The summed E-state index contributed by atoms with van der Waals surface area (Å²) >= 11 is 0. The Morgan fingerprint density at radius 2 is 1.82 bits per heavy atom. The zero-order chi connectivity index (χ0) is 19.5. The molecule has 152 valence electrons. The molecular weight excluding hydrogens is 354 g/mol. The van der Waals surface area contributed by atoms with E-state index in [1.54, 1.807) is 0 Å². The summed E-state index contributed by atoms with van der Waals surface area (Å²) in [6.07, 6.45) is 5.01. The fraction of sp³-hybridized carbons (Fsp3) is 0.636. The van der Waals surface area contributed by atoms with Crippen molar-refractivity contribution < 1.29 is 14.3 Å². The lowest BCUT2D eigenvalue weighted by molar-refractivity contribution is -0.136. The SMILES string of the molecule is CCOc1ccccc1N1CCN(C(=O)[C@@H]2CC(=O)N(C3CCCC3)C2)CC1. The van der Waals surface area contributed by atoms with E-state index in [0.717, 1.165) is 37.4 Å². The molecule has 3 aliphatic rings. The second-order valence-corrected chi connectivity index (χ2v) is 8.10. The van der Waals surface area contributed by atoms with E-state index in [1.807, 2.05) is 34.9 Å². The highest BCUT2D eigenvalue weighted by molar-refractivity contribution is 5.89. The highest BCUT2D eigenvalue weighted by atomic mass is 16.5. The summed E-state index contributed by atoms with van der Waals surface area (Å²) in [5.41, 5.74) is 1.10. The van der Waals surface area contributed by atoms with Crippen molar-refractivity contribution in [2.45, 2.75) is 45.1 Å². The highest BCUT2D eigenvalue weighted by Crippen LogP contribution is 2.31. The topological polar surface area (TPSA) is 53.1 Å². The van der Waals surface area contributed by atoms with Gasteiger partial charge in [0.05, 0.1) is 18.2 Å². The molecule has 4 rings (SSSR count). The molecule has 0 aromatic heterocycles. The minimum absolute atomic E-state index is 0.157. The van der Waals surface area contributed by atoms with Gasteiger partial charge in [-0.2, -0.15) is 0 Å². The highest BCUT2D eigenvalue weighted by Gasteiger charge is 2.40. The number of carbonyl (C=O) groups is 2. The number of nitrogens with zero attached hydrogens (tertiary/aromatic N) is 3. The predicted octanol–water partition coefficient (Wildman–Crippen LogP) is 2.53. The van der Waals surface area contributed by atoms with Gasteiger partial charge in [0, 0.05) is 45.2 Å². The van der Waals surface area contributed by atoms with Crippen molar-refractivity contribution in [3.63, 3.8) is 0 Å². The summed E-state index contributed by atoms with van der Waals surface area (Å²) in [4.78, 5) is 31.7. The van der Waals surface area contributed by atoms with E-state index in [-0.39, 0.29) is 17.7 Å². The number of carbonyl (C=O) groups excluding carboxylic acids is 2. The monoisotopic (exact) mass is 385 g/mol. The van der Waals surface area contributed by atoms with Gasteiger partial charge in [-0.05, 0) is 31.9 Å². The summed E-state index contributed by atoms with van der Waals surface area (Å²) in [5, 5.41) is 0. The number of amides is 2. The zero-order valence-corrected chi connectivity index (χ0v) is 16.8. The van der Waals surface area contributed by atoms with Crippen LogP contribution in [0.3, 0.4) is 0 Å². The van der Waals surface area contributed by atoms with Gasteiger partial charge in [-0.15, -0.1) is 0 Å². The number of ether oxygens (including phenoxy) is 1. The van der Waals surface area contributed by atoms with Gasteiger partial charge in [0.1, 0.15) is 5.75 Å². The Morgan fingerprint density at radius 1 is 1.11 bits per heavy atom. The lowest BCUT2D eigenvalue weighted by Gasteiger charge is -2.37. The number of likely N-dealkylation sites (tertiary alicyclic amines) is 1. The summed E-state index contributed by atoms with van der Waals surface area (Å²) in [5.74, 6) is 1.08. The van der Waals surface area contributed by atoms with Crippen LogP contribution in [0, 0.1) is 5.92 Å². The Labute approximate surface area is 167 Å². The average molecular weight is 386 g/mol. The summed E-state index contributed by atoms with van der Waals surface area (Å²) < 4.78 is 5.75. The van der Waals surface area contributed by atoms with Crippen molar-refractivity contribution in [3.05, 3.63) is 24.3 Å². The lowest BCUT2D eigenvalue weighted by atomic mass is 10.1. The van der Waals surface area contributed by atoms with Gasteiger partial charge in [-0.25, -0.2) is 0 Å². The number of rotatable bonds is 5. The average Bonchev–Trinajstić information content (AvgIpc) is 3.38. The molecule has 1 atom stereocenters. The van der Waals surface area contributed by atoms with Crippen LogP contribution in [0.4, 0.5) is 5.69 Å². The molecule has 28 heavy (non-hydrogen) atoms. The first-order chi connectivity index (χ1) is 13.7. The molecule has 6 heteroatoms. The van der Waals surface area contributed by atoms with Gasteiger partial charge < -0.3 is 19.4 Å². The molecule has 0 bridgehead atoms. The zero-order valence-electron chi connectivity index (χ0n) is 16.8. The van der Waals surface area contributed by atoms with Crippen LogP contribution < -0.4 is 9.64 Å². The molecule has 0 unspecified atom stereocenters. The first-order valence-electron chi connectivity index (χ1n) is 10.7. The summed E-state index contributed by atoms with van der Waals surface area (Å²) in [6.45, 7) is 6.25. The number of para-hydroxylation sites is 2. The number of hydrogen-bond donors (Lipinski definition) is 0. The molecular formula is C22H31N3O3. The number of piperazine rings is 1. The smallest absolute Gasteiger partial charge is 0.228 e.